The zero-order valence-corrected chi connectivity index (χ0v) is 17.2. The summed E-state index contributed by atoms with van der Waals surface area (Å²) in [5, 5.41) is 12.9. The maximum atomic E-state index is 12.8. The molecule has 148 valence electrons. The highest BCUT2D eigenvalue weighted by molar-refractivity contribution is 7.91. The summed E-state index contributed by atoms with van der Waals surface area (Å²) in [5.41, 5.74) is 2.40. The van der Waals surface area contributed by atoms with E-state index in [0.717, 1.165) is 21.3 Å². The highest BCUT2D eigenvalue weighted by Crippen LogP contribution is 2.35. The van der Waals surface area contributed by atoms with Crippen LogP contribution < -0.4 is 5.32 Å². The number of H-pyrrole nitrogens is 1. The fourth-order valence-corrected chi connectivity index (χ4v) is 6.32. The minimum atomic E-state index is -3.43. The Hall–Kier alpha value is -1.87. The van der Waals surface area contributed by atoms with E-state index >= 15 is 0 Å². The minimum absolute atomic E-state index is 0.106. The maximum absolute atomic E-state index is 12.8. The molecule has 0 fully saturated rings. The third-order valence-electron chi connectivity index (χ3n) is 5.06. The lowest BCUT2D eigenvalue weighted by Gasteiger charge is -2.21. The van der Waals surface area contributed by atoms with Crippen molar-refractivity contribution < 1.29 is 18.3 Å². The Kier molecular flexibility index (Phi) is 5.22. The average Bonchev–Trinajstić information content (AvgIpc) is 3.26. The SMILES string of the molecule is O=C(N[C@@H]1Cc2ccccc2[C@@H]1CS(=O)(=O)CCO)c1cc2cc(Cl)sc2[nH]1. The first kappa shape index (κ1) is 19.4. The number of aliphatic hydroxyl groups excluding tert-OH is 1. The molecule has 1 aliphatic carbocycles. The Labute approximate surface area is 171 Å². The average molecular weight is 439 g/mol. The molecule has 1 aliphatic rings. The number of aromatic nitrogens is 1. The number of carbonyl (C=O) groups is 1. The summed E-state index contributed by atoms with van der Waals surface area (Å²) in [7, 11) is -3.43. The van der Waals surface area contributed by atoms with Crippen molar-refractivity contribution in [1.29, 1.82) is 0 Å². The number of hydrogen-bond donors (Lipinski definition) is 3. The number of benzene rings is 1. The van der Waals surface area contributed by atoms with E-state index in [1.54, 1.807) is 12.1 Å². The van der Waals surface area contributed by atoms with Crippen molar-refractivity contribution in [3.63, 3.8) is 0 Å². The van der Waals surface area contributed by atoms with Crippen LogP contribution in [0.25, 0.3) is 10.2 Å². The van der Waals surface area contributed by atoms with E-state index in [0.29, 0.717) is 16.5 Å². The molecular weight excluding hydrogens is 420 g/mol. The molecule has 0 radical (unpaired) electrons. The van der Waals surface area contributed by atoms with Gasteiger partial charge in [-0.1, -0.05) is 35.9 Å². The zero-order chi connectivity index (χ0) is 19.9. The van der Waals surface area contributed by atoms with Crippen molar-refractivity contribution in [2.75, 3.05) is 18.1 Å². The number of halogens is 1. The van der Waals surface area contributed by atoms with Crippen LogP contribution in [0.1, 0.15) is 27.5 Å². The molecule has 3 N–H and O–H groups in total. The molecule has 0 saturated carbocycles. The summed E-state index contributed by atoms with van der Waals surface area (Å²) in [4.78, 5) is 16.7. The molecule has 2 aromatic heterocycles. The van der Waals surface area contributed by atoms with Gasteiger partial charge in [0.2, 0.25) is 0 Å². The van der Waals surface area contributed by atoms with Gasteiger partial charge in [0, 0.05) is 17.3 Å². The number of aromatic amines is 1. The Morgan fingerprint density at radius 3 is 2.86 bits per heavy atom. The number of rotatable bonds is 6. The van der Waals surface area contributed by atoms with Gasteiger partial charge >= 0.3 is 0 Å². The van der Waals surface area contributed by atoms with Crippen LogP contribution in [-0.4, -0.2) is 48.6 Å². The molecule has 3 aromatic rings. The second kappa shape index (κ2) is 7.51. The summed E-state index contributed by atoms with van der Waals surface area (Å²) in [6.07, 6.45) is 0.572. The minimum Gasteiger partial charge on any atom is -0.395 e. The molecule has 2 heterocycles. The number of sulfone groups is 1. The number of amides is 1. The lowest BCUT2D eigenvalue weighted by Crippen LogP contribution is -2.40. The number of thiophene rings is 1. The molecule has 1 aromatic carbocycles. The highest BCUT2D eigenvalue weighted by atomic mass is 35.5. The second-order valence-electron chi connectivity index (χ2n) is 6.95. The van der Waals surface area contributed by atoms with Gasteiger partial charge in [0.05, 0.1) is 22.4 Å². The molecule has 1 amide bonds. The summed E-state index contributed by atoms with van der Waals surface area (Å²) in [6.45, 7) is -0.407. The van der Waals surface area contributed by atoms with Crippen molar-refractivity contribution >= 4 is 48.9 Å². The molecule has 0 aliphatic heterocycles. The lowest BCUT2D eigenvalue weighted by atomic mass is 10.0. The molecular formula is C19H19ClN2O4S2. The van der Waals surface area contributed by atoms with Gasteiger partial charge < -0.3 is 15.4 Å². The second-order valence-corrected chi connectivity index (χ2v) is 10.9. The number of aliphatic hydroxyl groups is 1. The number of carbonyl (C=O) groups excluding carboxylic acids is 1. The molecule has 0 spiro atoms. The van der Waals surface area contributed by atoms with Gasteiger partial charge in [0.1, 0.15) is 10.5 Å². The third-order valence-corrected chi connectivity index (χ3v) is 7.92. The molecule has 0 saturated heterocycles. The third kappa shape index (κ3) is 3.82. The number of hydrogen-bond acceptors (Lipinski definition) is 5. The predicted octanol–water partition coefficient (Wildman–Crippen LogP) is 2.73. The normalized spacial score (nSPS) is 19.1. The highest BCUT2D eigenvalue weighted by Gasteiger charge is 2.36. The monoisotopic (exact) mass is 438 g/mol. The first-order chi connectivity index (χ1) is 13.4. The van der Waals surface area contributed by atoms with Gasteiger partial charge in [0.25, 0.3) is 5.91 Å². The van der Waals surface area contributed by atoms with Crippen LogP contribution in [0.5, 0.6) is 0 Å². The summed E-state index contributed by atoms with van der Waals surface area (Å²) >= 11 is 7.34. The summed E-state index contributed by atoms with van der Waals surface area (Å²) < 4.78 is 25.3. The van der Waals surface area contributed by atoms with Gasteiger partial charge in [-0.25, -0.2) is 8.42 Å². The maximum Gasteiger partial charge on any atom is 0.268 e. The van der Waals surface area contributed by atoms with Gasteiger partial charge in [-0.3, -0.25) is 4.79 Å². The first-order valence-electron chi connectivity index (χ1n) is 8.84. The fourth-order valence-electron chi connectivity index (χ4n) is 3.79. The standard InChI is InChI=1S/C19H19ClN2O4S2/c20-17-9-12-8-16(22-19(12)27-17)18(24)21-15-7-11-3-1-2-4-13(11)14(15)10-28(25,26)6-5-23/h1-4,8-9,14-15,22-23H,5-7,10H2,(H,21,24)/t14-,15+/m0/s1. The molecule has 28 heavy (non-hydrogen) atoms. The van der Waals surface area contributed by atoms with Gasteiger partial charge in [0.15, 0.2) is 9.84 Å². The van der Waals surface area contributed by atoms with Crippen LogP contribution in [0.4, 0.5) is 0 Å². The van der Waals surface area contributed by atoms with E-state index in [2.05, 4.69) is 10.3 Å². The molecule has 0 bridgehead atoms. The molecule has 9 heteroatoms. The van der Waals surface area contributed by atoms with Crippen molar-refractivity contribution in [3.05, 3.63) is 57.6 Å². The first-order valence-corrected chi connectivity index (χ1v) is 11.9. The van der Waals surface area contributed by atoms with Crippen LogP contribution in [0.2, 0.25) is 4.34 Å². The topological polar surface area (TPSA) is 99.3 Å². The Bertz CT molecular complexity index is 1100. The van der Waals surface area contributed by atoms with Gasteiger partial charge in [-0.2, -0.15) is 0 Å². The molecule has 2 atom stereocenters. The number of fused-ring (bicyclic) bond motifs is 2. The van der Waals surface area contributed by atoms with Gasteiger partial charge in [-0.05, 0) is 29.7 Å². The summed E-state index contributed by atoms with van der Waals surface area (Å²) in [5.74, 6) is -1.01. The van der Waals surface area contributed by atoms with Crippen LogP contribution in [-0.2, 0) is 16.3 Å². The zero-order valence-electron chi connectivity index (χ0n) is 14.8. The molecule has 0 unspecified atom stereocenters. The number of nitrogens with one attached hydrogen (secondary N) is 2. The Morgan fingerprint density at radius 1 is 1.32 bits per heavy atom. The fraction of sp³-hybridized carbons (Fsp3) is 0.316. The molecule has 4 rings (SSSR count). The van der Waals surface area contributed by atoms with E-state index in [4.69, 9.17) is 16.7 Å². The van der Waals surface area contributed by atoms with E-state index in [1.807, 2.05) is 24.3 Å². The van der Waals surface area contributed by atoms with Crippen molar-refractivity contribution in [3.8, 4) is 0 Å². The Morgan fingerprint density at radius 2 is 2.11 bits per heavy atom. The quantitative estimate of drug-likeness (QED) is 0.551. The van der Waals surface area contributed by atoms with E-state index in [-0.39, 0.29) is 29.4 Å². The van der Waals surface area contributed by atoms with Crippen LogP contribution in [0, 0.1) is 0 Å². The lowest BCUT2D eigenvalue weighted by molar-refractivity contribution is 0.0930. The largest absolute Gasteiger partial charge is 0.395 e. The van der Waals surface area contributed by atoms with E-state index in [1.165, 1.54) is 11.3 Å². The summed E-state index contributed by atoms with van der Waals surface area (Å²) in [6, 6.07) is 10.9. The van der Waals surface area contributed by atoms with Crippen molar-refractivity contribution in [2.45, 2.75) is 18.4 Å². The van der Waals surface area contributed by atoms with Crippen molar-refractivity contribution in [1.82, 2.24) is 10.3 Å². The van der Waals surface area contributed by atoms with Crippen molar-refractivity contribution in [2.24, 2.45) is 0 Å². The smallest absolute Gasteiger partial charge is 0.268 e. The van der Waals surface area contributed by atoms with Crippen LogP contribution in [0.3, 0.4) is 0 Å². The Balaban J connectivity index is 1.58. The van der Waals surface area contributed by atoms with E-state index in [9.17, 15) is 13.2 Å². The van der Waals surface area contributed by atoms with Gasteiger partial charge in [-0.15, -0.1) is 11.3 Å². The van der Waals surface area contributed by atoms with E-state index < -0.39 is 16.4 Å². The van der Waals surface area contributed by atoms with Crippen LogP contribution in [0.15, 0.2) is 36.4 Å². The molecule has 6 nitrogen and oxygen atoms in total. The predicted molar refractivity (Wildman–Crippen MR) is 111 cm³/mol. The van der Waals surface area contributed by atoms with Crippen LogP contribution >= 0.6 is 22.9 Å².